The number of anilines is 1. The van der Waals surface area contributed by atoms with Crippen molar-refractivity contribution in [2.75, 3.05) is 5.32 Å². The summed E-state index contributed by atoms with van der Waals surface area (Å²) < 4.78 is 1.32. The Balaban J connectivity index is 2.30. The Kier molecular flexibility index (Phi) is 4.74. The number of carbonyl (C=O) groups is 1. The summed E-state index contributed by atoms with van der Waals surface area (Å²) in [5.74, 6) is -0.406. The minimum Gasteiger partial charge on any atom is -0.322 e. The second-order valence-corrected chi connectivity index (χ2v) is 6.26. The van der Waals surface area contributed by atoms with Crippen molar-refractivity contribution >= 4 is 49.1 Å². The fraction of sp³-hybridized carbons (Fsp3) is 0.0714. The number of aryl methyl sites for hydroxylation is 1. The minimum absolute atomic E-state index is 0.139. The van der Waals surface area contributed by atoms with Crippen molar-refractivity contribution in [2.45, 2.75) is 6.92 Å². The fourth-order valence-corrected chi connectivity index (χ4v) is 2.91. The van der Waals surface area contributed by atoms with Gasteiger partial charge in [-0.2, -0.15) is 0 Å². The molecule has 0 spiro atoms. The lowest BCUT2D eigenvalue weighted by Gasteiger charge is -2.07. The van der Waals surface area contributed by atoms with E-state index in [-0.39, 0.29) is 11.3 Å². The van der Waals surface area contributed by atoms with Crippen LogP contribution in [0.1, 0.15) is 15.9 Å². The molecular formula is C14H10Br2N2O3. The van der Waals surface area contributed by atoms with Gasteiger partial charge in [-0.05, 0) is 36.8 Å². The van der Waals surface area contributed by atoms with Gasteiger partial charge >= 0.3 is 0 Å². The Labute approximate surface area is 137 Å². The zero-order valence-corrected chi connectivity index (χ0v) is 14.1. The quantitative estimate of drug-likeness (QED) is 0.586. The predicted octanol–water partition coefficient (Wildman–Crippen LogP) is 4.68. The van der Waals surface area contributed by atoms with E-state index in [1.54, 1.807) is 6.07 Å². The molecule has 2 rings (SSSR count). The van der Waals surface area contributed by atoms with Crippen molar-refractivity contribution in [2.24, 2.45) is 0 Å². The van der Waals surface area contributed by atoms with Crippen molar-refractivity contribution in [1.82, 2.24) is 0 Å². The van der Waals surface area contributed by atoms with E-state index in [0.29, 0.717) is 10.2 Å². The number of amides is 1. The number of benzene rings is 2. The van der Waals surface area contributed by atoms with Gasteiger partial charge in [0.15, 0.2) is 0 Å². The number of nitro benzene ring substituents is 1. The van der Waals surface area contributed by atoms with Gasteiger partial charge in [-0.3, -0.25) is 14.9 Å². The van der Waals surface area contributed by atoms with Crippen molar-refractivity contribution in [1.29, 1.82) is 0 Å². The molecule has 0 fully saturated rings. The number of hydrogen-bond donors (Lipinski definition) is 1. The van der Waals surface area contributed by atoms with Gasteiger partial charge in [-0.1, -0.05) is 31.9 Å². The molecular weight excluding hydrogens is 404 g/mol. The Bertz CT molecular complexity index is 712. The van der Waals surface area contributed by atoms with E-state index < -0.39 is 10.8 Å². The van der Waals surface area contributed by atoms with Crippen LogP contribution < -0.4 is 5.32 Å². The smallest absolute Gasteiger partial charge is 0.271 e. The van der Waals surface area contributed by atoms with Crippen LogP contribution in [-0.4, -0.2) is 10.8 Å². The number of halogens is 2. The third-order valence-corrected chi connectivity index (χ3v) is 3.57. The Hall–Kier alpha value is -1.73. The molecule has 1 N–H and O–H groups in total. The summed E-state index contributed by atoms with van der Waals surface area (Å²) in [6.45, 7) is 1.91. The number of nitrogens with one attached hydrogen (secondary N) is 1. The first kappa shape index (κ1) is 15.7. The molecule has 0 saturated heterocycles. The third-order valence-electron chi connectivity index (χ3n) is 2.66. The molecule has 0 aliphatic heterocycles. The highest BCUT2D eigenvalue weighted by Crippen LogP contribution is 2.23. The van der Waals surface area contributed by atoms with Crippen molar-refractivity contribution < 1.29 is 9.72 Å². The number of non-ortho nitro benzene ring substituents is 1. The predicted molar refractivity (Wildman–Crippen MR) is 87.6 cm³/mol. The van der Waals surface area contributed by atoms with E-state index in [0.717, 1.165) is 10.0 Å². The molecule has 0 unspecified atom stereocenters. The zero-order chi connectivity index (χ0) is 15.6. The second-order valence-electron chi connectivity index (χ2n) is 4.43. The molecule has 0 saturated carbocycles. The maximum atomic E-state index is 12.2. The average molecular weight is 414 g/mol. The normalized spacial score (nSPS) is 10.2. The molecule has 108 valence electrons. The topological polar surface area (TPSA) is 72.2 Å². The molecule has 0 atom stereocenters. The number of hydrogen-bond acceptors (Lipinski definition) is 3. The Morgan fingerprint density at radius 1 is 1.10 bits per heavy atom. The lowest BCUT2D eigenvalue weighted by molar-refractivity contribution is -0.384. The van der Waals surface area contributed by atoms with E-state index >= 15 is 0 Å². The third kappa shape index (κ3) is 4.12. The van der Waals surface area contributed by atoms with Gasteiger partial charge in [-0.15, -0.1) is 0 Å². The first-order valence-electron chi connectivity index (χ1n) is 5.88. The summed E-state index contributed by atoms with van der Waals surface area (Å²) in [5, 5.41) is 13.5. The lowest BCUT2D eigenvalue weighted by Crippen LogP contribution is -2.12. The summed E-state index contributed by atoms with van der Waals surface area (Å²) in [6, 6.07) is 9.62. The summed E-state index contributed by atoms with van der Waals surface area (Å²) in [7, 11) is 0. The van der Waals surface area contributed by atoms with Crippen LogP contribution in [0.5, 0.6) is 0 Å². The van der Waals surface area contributed by atoms with Gasteiger partial charge in [0.2, 0.25) is 0 Å². The lowest BCUT2D eigenvalue weighted by atomic mass is 10.1. The van der Waals surface area contributed by atoms with Crippen LogP contribution in [0, 0.1) is 17.0 Å². The molecule has 0 aliphatic carbocycles. The van der Waals surface area contributed by atoms with E-state index in [1.165, 1.54) is 18.2 Å². The van der Waals surface area contributed by atoms with Crippen molar-refractivity contribution in [3.8, 4) is 0 Å². The fourth-order valence-electron chi connectivity index (χ4n) is 1.82. The highest BCUT2D eigenvalue weighted by molar-refractivity contribution is 9.10. The van der Waals surface area contributed by atoms with E-state index in [2.05, 4.69) is 37.2 Å². The molecule has 5 nitrogen and oxygen atoms in total. The molecule has 2 aromatic rings. The number of nitrogens with zero attached hydrogens (tertiary/aromatic N) is 1. The van der Waals surface area contributed by atoms with Gasteiger partial charge in [0, 0.05) is 32.3 Å². The summed E-state index contributed by atoms with van der Waals surface area (Å²) in [6.07, 6.45) is 0. The highest BCUT2D eigenvalue weighted by atomic mass is 79.9. The molecule has 2 aromatic carbocycles. The van der Waals surface area contributed by atoms with Crippen LogP contribution in [0.4, 0.5) is 11.4 Å². The van der Waals surface area contributed by atoms with Gasteiger partial charge in [-0.25, -0.2) is 0 Å². The molecule has 21 heavy (non-hydrogen) atoms. The SMILES string of the molecule is Cc1cc(Br)cc(NC(=O)c2cc(Br)cc([N+](=O)[O-])c2)c1. The maximum absolute atomic E-state index is 12.2. The van der Waals surface area contributed by atoms with Crippen LogP contribution in [-0.2, 0) is 0 Å². The molecule has 0 aliphatic rings. The van der Waals surface area contributed by atoms with Crippen LogP contribution in [0.3, 0.4) is 0 Å². The van der Waals surface area contributed by atoms with E-state index in [9.17, 15) is 14.9 Å². The number of nitro groups is 1. The standard InChI is InChI=1S/C14H10Br2N2O3/c1-8-2-10(15)6-12(3-8)17-14(19)9-4-11(16)7-13(5-9)18(20)21/h2-7H,1H3,(H,17,19). The largest absolute Gasteiger partial charge is 0.322 e. The molecule has 0 bridgehead atoms. The molecule has 0 heterocycles. The summed E-state index contributed by atoms with van der Waals surface area (Å²) in [4.78, 5) is 22.5. The number of rotatable bonds is 3. The second kappa shape index (κ2) is 6.36. The van der Waals surface area contributed by atoms with Crippen molar-refractivity contribution in [3.05, 3.63) is 66.6 Å². The zero-order valence-electron chi connectivity index (χ0n) is 10.9. The molecule has 0 radical (unpaired) electrons. The van der Waals surface area contributed by atoms with Gasteiger partial charge in [0.05, 0.1) is 4.92 Å². The van der Waals surface area contributed by atoms with Gasteiger partial charge in [0.25, 0.3) is 11.6 Å². The first-order valence-corrected chi connectivity index (χ1v) is 7.47. The minimum atomic E-state index is -0.537. The van der Waals surface area contributed by atoms with Gasteiger partial charge < -0.3 is 5.32 Å². The van der Waals surface area contributed by atoms with Gasteiger partial charge in [0.1, 0.15) is 0 Å². The Morgan fingerprint density at radius 2 is 1.76 bits per heavy atom. The van der Waals surface area contributed by atoms with Crippen LogP contribution in [0.2, 0.25) is 0 Å². The summed E-state index contributed by atoms with van der Waals surface area (Å²) in [5.41, 5.74) is 1.68. The molecule has 7 heteroatoms. The summed E-state index contributed by atoms with van der Waals surface area (Å²) >= 11 is 6.52. The van der Waals surface area contributed by atoms with E-state index in [4.69, 9.17) is 0 Å². The molecule has 1 amide bonds. The van der Waals surface area contributed by atoms with Crippen molar-refractivity contribution in [3.63, 3.8) is 0 Å². The number of carbonyl (C=O) groups excluding carboxylic acids is 1. The van der Waals surface area contributed by atoms with Crippen LogP contribution in [0.15, 0.2) is 45.3 Å². The first-order chi connectivity index (χ1) is 9.85. The maximum Gasteiger partial charge on any atom is 0.271 e. The average Bonchev–Trinajstić information content (AvgIpc) is 2.36. The molecule has 0 aromatic heterocycles. The monoisotopic (exact) mass is 412 g/mol. The van der Waals surface area contributed by atoms with Crippen LogP contribution >= 0.6 is 31.9 Å². The van der Waals surface area contributed by atoms with Crippen LogP contribution in [0.25, 0.3) is 0 Å². The highest BCUT2D eigenvalue weighted by Gasteiger charge is 2.14. The van der Waals surface area contributed by atoms with E-state index in [1.807, 2.05) is 19.1 Å². The Morgan fingerprint density at radius 3 is 2.38 bits per heavy atom.